The molecule has 8 nitrogen and oxygen atoms in total. The van der Waals surface area contributed by atoms with Gasteiger partial charge in [0.15, 0.2) is 5.78 Å². The predicted molar refractivity (Wildman–Crippen MR) is 108 cm³/mol. The summed E-state index contributed by atoms with van der Waals surface area (Å²) >= 11 is 0. The van der Waals surface area contributed by atoms with Crippen molar-refractivity contribution in [2.24, 2.45) is 0 Å². The van der Waals surface area contributed by atoms with Crippen LogP contribution in [0.3, 0.4) is 0 Å². The van der Waals surface area contributed by atoms with Gasteiger partial charge in [-0.05, 0) is 24.3 Å². The molecule has 0 bridgehead atoms. The third kappa shape index (κ3) is 4.03. The fourth-order valence-electron chi connectivity index (χ4n) is 3.26. The second-order valence-electron chi connectivity index (χ2n) is 6.55. The van der Waals surface area contributed by atoms with Crippen molar-refractivity contribution in [1.82, 2.24) is 9.97 Å². The zero-order valence-electron chi connectivity index (χ0n) is 15.8. The molecule has 0 unspecified atom stereocenters. The van der Waals surface area contributed by atoms with E-state index in [0.29, 0.717) is 23.7 Å². The summed E-state index contributed by atoms with van der Waals surface area (Å²) < 4.78 is 10.2. The van der Waals surface area contributed by atoms with Crippen LogP contribution in [0.2, 0.25) is 0 Å². The number of fused-ring (bicyclic) bond motifs is 1. The van der Waals surface area contributed by atoms with E-state index in [1.54, 1.807) is 12.3 Å². The third-order valence-corrected chi connectivity index (χ3v) is 4.47. The number of benzene rings is 1. The van der Waals surface area contributed by atoms with Crippen LogP contribution < -0.4 is 10.6 Å². The molecule has 3 N–H and O–H groups in total. The van der Waals surface area contributed by atoms with Crippen LogP contribution in [0.1, 0.15) is 16.1 Å². The largest absolute Gasteiger partial charge is 0.375 e. The summed E-state index contributed by atoms with van der Waals surface area (Å²) in [6.45, 7) is 0.310. The Labute approximate surface area is 167 Å². The summed E-state index contributed by atoms with van der Waals surface area (Å²) in [4.78, 5) is 31.9. The molecule has 0 radical (unpaired) electrons. The summed E-state index contributed by atoms with van der Waals surface area (Å²) in [6.07, 6.45) is 1.60. The van der Waals surface area contributed by atoms with E-state index in [-0.39, 0.29) is 24.9 Å². The van der Waals surface area contributed by atoms with E-state index in [1.807, 2.05) is 36.4 Å². The first-order valence-electron chi connectivity index (χ1n) is 9.09. The average molecular weight is 392 g/mol. The molecule has 0 saturated heterocycles. The van der Waals surface area contributed by atoms with Crippen molar-refractivity contribution in [3.8, 4) is 11.3 Å². The number of ketones is 1. The van der Waals surface area contributed by atoms with Gasteiger partial charge in [0.1, 0.15) is 19.0 Å². The number of aromatic amines is 1. The lowest BCUT2D eigenvalue weighted by Crippen LogP contribution is -2.18. The summed E-state index contributed by atoms with van der Waals surface area (Å²) in [7, 11) is 1.45. The Morgan fingerprint density at radius 1 is 1.24 bits per heavy atom. The van der Waals surface area contributed by atoms with E-state index < -0.39 is 0 Å². The van der Waals surface area contributed by atoms with E-state index in [1.165, 1.54) is 7.11 Å². The molecule has 0 fully saturated rings. The van der Waals surface area contributed by atoms with Gasteiger partial charge >= 0.3 is 0 Å². The van der Waals surface area contributed by atoms with E-state index in [0.717, 1.165) is 22.6 Å². The zero-order valence-corrected chi connectivity index (χ0v) is 15.8. The highest BCUT2D eigenvalue weighted by atomic mass is 16.5. The first-order chi connectivity index (χ1) is 14.2. The normalized spacial score (nSPS) is 13.1. The number of amides is 1. The number of nitrogens with zero attached hydrogens (tertiary/aromatic N) is 1. The minimum atomic E-state index is -0.297. The van der Waals surface area contributed by atoms with Crippen LogP contribution in [0.15, 0.2) is 48.7 Å². The molecule has 1 aromatic carbocycles. The van der Waals surface area contributed by atoms with Crippen molar-refractivity contribution in [3.05, 3.63) is 59.9 Å². The number of pyridine rings is 1. The Balaban J connectivity index is 1.75. The van der Waals surface area contributed by atoms with E-state index in [4.69, 9.17) is 9.47 Å². The number of ether oxygens (including phenoxy) is 2. The number of aromatic nitrogens is 2. The van der Waals surface area contributed by atoms with Crippen LogP contribution in [0.4, 0.5) is 17.2 Å². The van der Waals surface area contributed by atoms with Crippen LogP contribution in [0.25, 0.3) is 11.3 Å². The Kier molecular flexibility index (Phi) is 5.37. The fourth-order valence-corrected chi connectivity index (χ4v) is 3.26. The molecule has 3 heterocycles. The highest BCUT2D eigenvalue weighted by molar-refractivity contribution is 6.08. The van der Waals surface area contributed by atoms with Gasteiger partial charge < -0.3 is 25.1 Å². The number of H-pyrrole nitrogens is 1. The molecule has 8 heteroatoms. The number of carbonyl (C=O) groups excluding carboxylic acids is 2. The lowest BCUT2D eigenvalue weighted by molar-refractivity contribution is -0.119. The Morgan fingerprint density at radius 3 is 2.86 bits per heavy atom. The smallest absolute Gasteiger partial charge is 0.251 e. The molecule has 4 rings (SSSR count). The van der Waals surface area contributed by atoms with Gasteiger partial charge in [-0.15, -0.1) is 0 Å². The van der Waals surface area contributed by atoms with Crippen molar-refractivity contribution in [2.75, 3.05) is 31.0 Å². The number of methoxy groups -OCH3 is 1. The number of Topliss-reactive ketones (excluding diaryl/α,β-unsaturated/α-hetero) is 1. The van der Waals surface area contributed by atoms with Crippen molar-refractivity contribution in [3.63, 3.8) is 0 Å². The van der Waals surface area contributed by atoms with E-state index in [9.17, 15) is 9.59 Å². The molecule has 0 spiro atoms. The molecular weight excluding hydrogens is 372 g/mol. The molecule has 0 aliphatic carbocycles. The minimum absolute atomic E-state index is 0.0441. The van der Waals surface area contributed by atoms with Gasteiger partial charge in [0.2, 0.25) is 0 Å². The number of anilines is 3. The lowest BCUT2D eigenvalue weighted by atomic mass is 10.0. The summed E-state index contributed by atoms with van der Waals surface area (Å²) in [5, 5.41) is 6.05. The maximum Gasteiger partial charge on any atom is 0.251 e. The highest BCUT2D eigenvalue weighted by Gasteiger charge is 2.27. The van der Waals surface area contributed by atoms with Crippen LogP contribution in [-0.4, -0.2) is 42.0 Å². The Hall–Kier alpha value is -3.49. The van der Waals surface area contributed by atoms with Gasteiger partial charge in [-0.2, -0.15) is 0 Å². The molecule has 148 valence electrons. The molecule has 3 aromatic rings. The van der Waals surface area contributed by atoms with Crippen LogP contribution >= 0.6 is 0 Å². The molecule has 2 aromatic heterocycles. The highest BCUT2D eigenvalue weighted by Crippen LogP contribution is 2.37. The maximum atomic E-state index is 12.6. The van der Waals surface area contributed by atoms with Gasteiger partial charge in [-0.1, -0.05) is 18.2 Å². The topological polar surface area (TPSA) is 105 Å². The summed E-state index contributed by atoms with van der Waals surface area (Å²) in [5.74, 6) is 0.00867. The first-order valence-corrected chi connectivity index (χ1v) is 9.09. The number of nitrogens with one attached hydrogen (secondary N) is 3. The first kappa shape index (κ1) is 18.9. The minimum Gasteiger partial charge on any atom is -0.375 e. The molecule has 1 amide bonds. The Morgan fingerprint density at radius 2 is 2.07 bits per heavy atom. The molecule has 0 saturated carbocycles. The van der Waals surface area contributed by atoms with Crippen LogP contribution in [0.5, 0.6) is 0 Å². The maximum absolute atomic E-state index is 12.6. The molecule has 1 aliphatic rings. The van der Waals surface area contributed by atoms with Crippen LogP contribution in [0, 0.1) is 0 Å². The third-order valence-electron chi connectivity index (χ3n) is 4.47. The summed E-state index contributed by atoms with van der Waals surface area (Å²) in [6, 6.07) is 13.2. The second-order valence-corrected chi connectivity index (χ2v) is 6.55. The SMILES string of the molecule is COCC(=O)Nc1cc(-c2[nH]c3c(c2Nc2ccccc2)C(=O)COC3)ccn1. The number of hydrogen-bond donors (Lipinski definition) is 3. The second kappa shape index (κ2) is 8.26. The zero-order chi connectivity index (χ0) is 20.2. The van der Waals surface area contributed by atoms with E-state index in [2.05, 4.69) is 20.6 Å². The number of hydrogen-bond acceptors (Lipinski definition) is 6. The molecular formula is C21H20N4O4. The number of carbonyl (C=O) groups is 2. The quantitative estimate of drug-likeness (QED) is 0.595. The fraction of sp³-hybridized carbons (Fsp3) is 0.190. The predicted octanol–water partition coefficient (Wildman–Crippen LogP) is 3.12. The molecule has 29 heavy (non-hydrogen) atoms. The van der Waals surface area contributed by atoms with Crippen molar-refractivity contribution < 1.29 is 19.1 Å². The van der Waals surface area contributed by atoms with Crippen LogP contribution in [-0.2, 0) is 20.9 Å². The van der Waals surface area contributed by atoms with Gasteiger partial charge in [0.05, 0.1) is 29.2 Å². The monoisotopic (exact) mass is 392 g/mol. The molecule has 1 aliphatic heterocycles. The Bertz CT molecular complexity index is 1050. The van der Waals surface area contributed by atoms with Gasteiger partial charge in [0, 0.05) is 24.6 Å². The van der Waals surface area contributed by atoms with Gasteiger partial charge in [-0.25, -0.2) is 4.98 Å². The summed E-state index contributed by atoms with van der Waals surface area (Å²) in [5.41, 5.74) is 4.35. The number of para-hydroxylation sites is 1. The lowest BCUT2D eigenvalue weighted by Gasteiger charge is -2.14. The van der Waals surface area contributed by atoms with Gasteiger partial charge in [0.25, 0.3) is 5.91 Å². The average Bonchev–Trinajstić information content (AvgIpc) is 3.09. The van der Waals surface area contributed by atoms with Crippen molar-refractivity contribution >= 4 is 28.9 Å². The number of rotatable bonds is 6. The van der Waals surface area contributed by atoms with Crippen molar-refractivity contribution in [1.29, 1.82) is 0 Å². The van der Waals surface area contributed by atoms with Gasteiger partial charge in [-0.3, -0.25) is 9.59 Å². The van der Waals surface area contributed by atoms with E-state index >= 15 is 0 Å². The standard InChI is InChI=1S/C21H20N4O4/c1-28-12-18(27)25-17-9-13(7-8-22-17)20-21(23-14-5-3-2-4-6-14)19-15(24-20)10-29-11-16(19)26/h2-9,23-24H,10-12H2,1H3,(H,22,25,27). The van der Waals surface area contributed by atoms with Crippen molar-refractivity contribution in [2.45, 2.75) is 6.61 Å². The molecule has 0 atom stereocenters.